The molecule has 1 heterocycles. The van der Waals surface area contributed by atoms with Crippen molar-refractivity contribution in [1.82, 2.24) is 4.98 Å². The van der Waals surface area contributed by atoms with Gasteiger partial charge in [-0.05, 0) is 62.1 Å². The number of ether oxygens (including phenoxy) is 1. The van der Waals surface area contributed by atoms with E-state index in [1.165, 1.54) is 0 Å². The van der Waals surface area contributed by atoms with Gasteiger partial charge in [-0.25, -0.2) is 4.79 Å². The first-order valence-corrected chi connectivity index (χ1v) is 8.57. The summed E-state index contributed by atoms with van der Waals surface area (Å²) in [5.41, 5.74) is 4.31. The summed E-state index contributed by atoms with van der Waals surface area (Å²) in [6.07, 6.45) is 0. The van der Waals surface area contributed by atoms with Crippen LogP contribution in [0.3, 0.4) is 0 Å². The highest BCUT2D eigenvalue weighted by Crippen LogP contribution is 2.38. The summed E-state index contributed by atoms with van der Waals surface area (Å²) in [6, 6.07) is 7.12. The number of carbonyl (C=O) groups is 1. The van der Waals surface area contributed by atoms with Crippen LogP contribution in [0.25, 0.3) is 10.9 Å². The van der Waals surface area contributed by atoms with Gasteiger partial charge in [0.2, 0.25) is 0 Å². The van der Waals surface area contributed by atoms with Gasteiger partial charge in [0.05, 0.1) is 0 Å². The van der Waals surface area contributed by atoms with E-state index in [-0.39, 0.29) is 17.4 Å². The van der Waals surface area contributed by atoms with Crippen molar-refractivity contribution in [1.29, 1.82) is 0 Å². The van der Waals surface area contributed by atoms with Crippen molar-refractivity contribution in [3.63, 3.8) is 0 Å². The minimum absolute atomic E-state index is 0.174. The van der Waals surface area contributed by atoms with E-state index in [0.717, 1.165) is 27.6 Å². The molecule has 0 unspecified atom stereocenters. The van der Waals surface area contributed by atoms with Gasteiger partial charge in [0, 0.05) is 22.0 Å². The van der Waals surface area contributed by atoms with Crippen molar-refractivity contribution in [2.24, 2.45) is 0 Å². The monoisotopic (exact) mass is 353 g/mol. The lowest BCUT2D eigenvalue weighted by atomic mass is 10.0. The quantitative estimate of drug-likeness (QED) is 0.585. The van der Waals surface area contributed by atoms with Crippen LogP contribution in [0.1, 0.15) is 52.5 Å². The Morgan fingerprint density at radius 3 is 2.42 bits per heavy atom. The number of hydrogen-bond acceptors (Lipinski definition) is 3. The van der Waals surface area contributed by atoms with Crippen LogP contribution in [0, 0.1) is 20.8 Å². The van der Waals surface area contributed by atoms with E-state index in [1.54, 1.807) is 19.1 Å². The highest BCUT2D eigenvalue weighted by atomic mass is 16.5. The molecular weight excluding hydrogens is 330 g/mol. The molecule has 136 valence electrons. The van der Waals surface area contributed by atoms with Crippen LogP contribution in [0.15, 0.2) is 24.3 Å². The number of aromatic amines is 1. The molecule has 0 saturated heterocycles. The maximum Gasteiger partial charge on any atom is 0.352 e. The smallest absolute Gasteiger partial charge is 0.352 e. The molecular formula is C21H23NO4. The SMILES string of the molecule is Cc1cc2[nH]c(C(=O)O)c(C)c2c(C)c1Oc1ccc(O)c(C(C)C)c1. The summed E-state index contributed by atoms with van der Waals surface area (Å²) >= 11 is 0. The number of fused-ring (bicyclic) bond motifs is 1. The van der Waals surface area contributed by atoms with Crippen molar-refractivity contribution >= 4 is 16.9 Å². The molecule has 0 aliphatic heterocycles. The van der Waals surface area contributed by atoms with E-state index in [2.05, 4.69) is 4.98 Å². The first-order chi connectivity index (χ1) is 12.2. The number of carboxylic acids is 1. The fourth-order valence-corrected chi connectivity index (χ4v) is 3.45. The second kappa shape index (κ2) is 6.41. The number of benzene rings is 2. The van der Waals surface area contributed by atoms with Gasteiger partial charge < -0.3 is 19.9 Å². The molecule has 0 fully saturated rings. The van der Waals surface area contributed by atoms with Gasteiger partial charge in [0.1, 0.15) is 22.9 Å². The third kappa shape index (κ3) is 2.90. The molecule has 1 aromatic heterocycles. The molecule has 26 heavy (non-hydrogen) atoms. The second-order valence-corrected chi connectivity index (χ2v) is 6.98. The van der Waals surface area contributed by atoms with Crippen LogP contribution in [0.5, 0.6) is 17.2 Å². The Balaban J connectivity index is 2.13. The average Bonchev–Trinajstić information content (AvgIpc) is 2.89. The van der Waals surface area contributed by atoms with Crippen LogP contribution in [-0.4, -0.2) is 21.2 Å². The van der Waals surface area contributed by atoms with E-state index in [4.69, 9.17) is 4.74 Å². The van der Waals surface area contributed by atoms with Crippen LogP contribution in [0.2, 0.25) is 0 Å². The Bertz CT molecular complexity index is 1010. The summed E-state index contributed by atoms with van der Waals surface area (Å²) in [5, 5.41) is 20.2. The Labute approximate surface area is 152 Å². The predicted octanol–water partition coefficient (Wildman–Crippen LogP) is 5.41. The molecule has 0 aliphatic rings. The highest BCUT2D eigenvalue weighted by Gasteiger charge is 2.19. The number of aryl methyl sites for hydroxylation is 3. The molecule has 5 heteroatoms. The van der Waals surface area contributed by atoms with E-state index in [9.17, 15) is 15.0 Å². The normalized spacial score (nSPS) is 11.3. The van der Waals surface area contributed by atoms with Crippen LogP contribution >= 0.6 is 0 Å². The molecule has 0 spiro atoms. The zero-order valence-electron chi connectivity index (χ0n) is 15.6. The van der Waals surface area contributed by atoms with Crippen molar-refractivity contribution in [3.8, 4) is 17.2 Å². The highest BCUT2D eigenvalue weighted by molar-refractivity contribution is 5.99. The van der Waals surface area contributed by atoms with Gasteiger partial charge in [-0.1, -0.05) is 13.8 Å². The lowest BCUT2D eigenvalue weighted by Gasteiger charge is -2.15. The zero-order valence-corrected chi connectivity index (χ0v) is 15.6. The Morgan fingerprint density at radius 1 is 1.12 bits per heavy atom. The number of nitrogens with one attached hydrogen (secondary N) is 1. The summed E-state index contributed by atoms with van der Waals surface area (Å²) in [5.74, 6) is 0.802. The van der Waals surface area contributed by atoms with E-state index in [0.29, 0.717) is 17.1 Å². The molecule has 2 aromatic carbocycles. The minimum Gasteiger partial charge on any atom is -0.508 e. The lowest BCUT2D eigenvalue weighted by molar-refractivity contribution is 0.0690. The number of aromatic carboxylic acids is 1. The number of H-pyrrole nitrogens is 1. The van der Waals surface area contributed by atoms with Crippen molar-refractivity contribution in [2.45, 2.75) is 40.5 Å². The van der Waals surface area contributed by atoms with Gasteiger partial charge >= 0.3 is 5.97 Å². The van der Waals surface area contributed by atoms with Crippen molar-refractivity contribution in [3.05, 3.63) is 52.2 Å². The van der Waals surface area contributed by atoms with E-state index in [1.807, 2.05) is 39.8 Å². The van der Waals surface area contributed by atoms with E-state index < -0.39 is 5.97 Å². The zero-order chi connectivity index (χ0) is 19.2. The number of hydrogen-bond donors (Lipinski definition) is 3. The topological polar surface area (TPSA) is 82.6 Å². The van der Waals surface area contributed by atoms with Crippen LogP contribution < -0.4 is 4.74 Å². The maximum absolute atomic E-state index is 11.4. The molecule has 3 N–H and O–H groups in total. The minimum atomic E-state index is -0.974. The molecule has 3 aromatic rings. The molecule has 0 aliphatic carbocycles. The Hall–Kier alpha value is -2.95. The maximum atomic E-state index is 11.4. The molecule has 3 rings (SSSR count). The predicted molar refractivity (Wildman–Crippen MR) is 102 cm³/mol. The lowest BCUT2D eigenvalue weighted by Crippen LogP contribution is -1.98. The summed E-state index contributed by atoms with van der Waals surface area (Å²) in [7, 11) is 0. The van der Waals surface area contributed by atoms with Crippen LogP contribution in [-0.2, 0) is 0 Å². The number of carboxylic acid groups (broad SMARTS) is 1. The van der Waals surface area contributed by atoms with Gasteiger partial charge in [-0.15, -0.1) is 0 Å². The van der Waals surface area contributed by atoms with Gasteiger partial charge in [0.15, 0.2) is 0 Å². The van der Waals surface area contributed by atoms with Crippen molar-refractivity contribution < 1.29 is 19.7 Å². The first-order valence-electron chi connectivity index (χ1n) is 8.57. The number of phenolic OH excluding ortho intramolecular Hbond substituents is 1. The fourth-order valence-electron chi connectivity index (χ4n) is 3.45. The molecule has 0 radical (unpaired) electrons. The van der Waals surface area contributed by atoms with Crippen LogP contribution in [0.4, 0.5) is 0 Å². The molecule has 0 atom stereocenters. The van der Waals surface area contributed by atoms with E-state index >= 15 is 0 Å². The van der Waals surface area contributed by atoms with Gasteiger partial charge in [-0.2, -0.15) is 0 Å². The Kier molecular flexibility index (Phi) is 4.40. The van der Waals surface area contributed by atoms with Crippen molar-refractivity contribution in [2.75, 3.05) is 0 Å². The number of phenols is 1. The first kappa shape index (κ1) is 17.9. The Morgan fingerprint density at radius 2 is 1.81 bits per heavy atom. The molecule has 0 bridgehead atoms. The van der Waals surface area contributed by atoms with Gasteiger partial charge in [0.25, 0.3) is 0 Å². The fraction of sp³-hybridized carbons (Fsp3) is 0.286. The third-order valence-electron chi connectivity index (χ3n) is 4.77. The molecule has 0 amide bonds. The summed E-state index contributed by atoms with van der Waals surface area (Å²) in [6.45, 7) is 9.69. The molecule has 0 saturated carbocycles. The largest absolute Gasteiger partial charge is 0.508 e. The second-order valence-electron chi connectivity index (χ2n) is 6.98. The average molecular weight is 353 g/mol. The number of aromatic hydroxyl groups is 1. The van der Waals surface area contributed by atoms with Gasteiger partial charge in [-0.3, -0.25) is 0 Å². The summed E-state index contributed by atoms with van der Waals surface area (Å²) < 4.78 is 6.15. The number of rotatable bonds is 4. The standard InChI is InChI=1S/C21H23NO4/c1-10(2)15-9-14(6-7-17(15)23)26-20-11(3)8-16-18(13(20)5)12(4)19(22-16)21(24)25/h6-10,22-23H,1-5H3,(H,24,25). The molecule has 5 nitrogen and oxygen atoms in total. The summed E-state index contributed by atoms with van der Waals surface area (Å²) in [4.78, 5) is 14.4. The number of aromatic nitrogens is 1. The third-order valence-corrected chi connectivity index (χ3v) is 4.77.